The highest BCUT2D eigenvalue weighted by molar-refractivity contribution is 7.89. The molecular formula is C17H24N2O5S. The Labute approximate surface area is 148 Å². The Bertz CT molecular complexity index is 726. The number of carboxylic acids is 1. The first-order chi connectivity index (χ1) is 11.8. The molecule has 0 unspecified atom stereocenters. The van der Waals surface area contributed by atoms with Crippen LogP contribution in [0.1, 0.15) is 42.5 Å². The molecule has 8 heteroatoms. The number of sulfonamides is 1. The average Bonchev–Trinajstić information content (AvgIpc) is 2.61. The van der Waals surface area contributed by atoms with Crippen LogP contribution in [0.4, 0.5) is 0 Å². The third-order valence-corrected chi connectivity index (χ3v) is 6.24. The highest BCUT2D eigenvalue weighted by atomic mass is 32.2. The molecular weight excluding hydrogens is 344 g/mol. The normalized spacial score (nSPS) is 15.7. The predicted octanol–water partition coefficient (Wildman–Crippen LogP) is 1.80. The number of nitrogens with zero attached hydrogens (tertiary/aromatic N) is 2. The Kier molecular flexibility index (Phi) is 6.55. The predicted molar refractivity (Wildman–Crippen MR) is 92.9 cm³/mol. The molecule has 138 valence electrons. The lowest BCUT2D eigenvalue weighted by Crippen LogP contribution is -2.37. The van der Waals surface area contributed by atoms with Crippen molar-refractivity contribution in [2.75, 3.05) is 26.7 Å². The minimum Gasteiger partial charge on any atom is -0.481 e. The lowest BCUT2D eigenvalue weighted by Gasteiger charge is -2.27. The van der Waals surface area contributed by atoms with Crippen molar-refractivity contribution in [3.8, 4) is 0 Å². The van der Waals surface area contributed by atoms with Crippen LogP contribution in [0.25, 0.3) is 0 Å². The molecule has 1 aliphatic heterocycles. The van der Waals surface area contributed by atoms with Gasteiger partial charge in [-0.05, 0) is 31.4 Å². The lowest BCUT2D eigenvalue weighted by atomic mass is 10.2. The van der Waals surface area contributed by atoms with Crippen LogP contribution in [0, 0.1) is 0 Å². The van der Waals surface area contributed by atoms with Gasteiger partial charge in [0, 0.05) is 33.1 Å². The summed E-state index contributed by atoms with van der Waals surface area (Å²) in [6.07, 6.45) is 2.94. The molecule has 0 aromatic heterocycles. The van der Waals surface area contributed by atoms with Crippen LogP contribution in [-0.4, -0.2) is 61.3 Å². The molecule has 1 N–H and O–H groups in total. The maximum atomic E-state index is 12.9. The van der Waals surface area contributed by atoms with E-state index in [-0.39, 0.29) is 23.4 Å². The number of hydrogen-bond acceptors (Lipinski definition) is 4. The highest BCUT2D eigenvalue weighted by Crippen LogP contribution is 2.24. The number of carboxylic acid groups (broad SMARTS) is 1. The zero-order valence-electron chi connectivity index (χ0n) is 14.3. The first kappa shape index (κ1) is 19.4. The van der Waals surface area contributed by atoms with E-state index in [1.165, 1.54) is 21.3 Å². The summed E-state index contributed by atoms with van der Waals surface area (Å²) in [6.45, 7) is 1.20. The lowest BCUT2D eigenvalue weighted by molar-refractivity contribution is -0.137. The number of rotatable bonds is 7. The molecule has 1 aliphatic rings. The molecule has 1 saturated heterocycles. The van der Waals surface area contributed by atoms with E-state index in [1.54, 1.807) is 19.2 Å². The second-order valence-corrected chi connectivity index (χ2v) is 8.09. The molecule has 7 nitrogen and oxygen atoms in total. The van der Waals surface area contributed by atoms with E-state index in [1.807, 2.05) is 0 Å². The molecule has 0 spiro atoms. The summed E-state index contributed by atoms with van der Waals surface area (Å²) in [5.74, 6) is -1.34. The largest absolute Gasteiger partial charge is 0.481 e. The van der Waals surface area contributed by atoms with Crippen molar-refractivity contribution in [2.24, 2.45) is 0 Å². The Balaban J connectivity index is 2.22. The van der Waals surface area contributed by atoms with Crippen LogP contribution in [0.5, 0.6) is 0 Å². The molecule has 1 amide bonds. The summed E-state index contributed by atoms with van der Waals surface area (Å²) in [4.78, 5) is 24.6. The van der Waals surface area contributed by atoms with Crippen LogP contribution < -0.4 is 0 Å². The van der Waals surface area contributed by atoms with Crippen molar-refractivity contribution in [2.45, 2.75) is 37.0 Å². The van der Waals surface area contributed by atoms with Crippen molar-refractivity contribution in [1.29, 1.82) is 0 Å². The summed E-state index contributed by atoms with van der Waals surface area (Å²) in [5.41, 5.74) is 0.130. The van der Waals surface area contributed by atoms with Gasteiger partial charge in [-0.2, -0.15) is 4.31 Å². The molecule has 2 rings (SSSR count). The van der Waals surface area contributed by atoms with Gasteiger partial charge in [0.05, 0.1) is 10.5 Å². The topological polar surface area (TPSA) is 95.0 Å². The Morgan fingerprint density at radius 2 is 1.80 bits per heavy atom. The van der Waals surface area contributed by atoms with Gasteiger partial charge in [0.2, 0.25) is 10.0 Å². The monoisotopic (exact) mass is 368 g/mol. The van der Waals surface area contributed by atoms with E-state index < -0.39 is 21.9 Å². The van der Waals surface area contributed by atoms with Gasteiger partial charge in [-0.3, -0.25) is 9.59 Å². The van der Waals surface area contributed by atoms with Gasteiger partial charge in [0.15, 0.2) is 0 Å². The van der Waals surface area contributed by atoms with Crippen molar-refractivity contribution >= 4 is 21.9 Å². The molecule has 25 heavy (non-hydrogen) atoms. The van der Waals surface area contributed by atoms with E-state index in [4.69, 9.17) is 5.11 Å². The molecule has 1 fully saturated rings. The number of aliphatic carboxylic acids is 1. The molecule has 0 bridgehead atoms. The molecule has 0 atom stereocenters. The van der Waals surface area contributed by atoms with Crippen molar-refractivity contribution in [3.05, 3.63) is 29.8 Å². The van der Waals surface area contributed by atoms with E-state index in [9.17, 15) is 18.0 Å². The van der Waals surface area contributed by atoms with Gasteiger partial charge in [-0.1, -0.05) is 18.6 Å². The maximum absolute atomic E-state index is 12.9. The fourth-order valence-corrected chi connectivity index (χ4v) is 4.59. The van der Waals surface area contributed by atoms with Crippen LogP contribution in [-0.2, 0) is 14.8 Å². The molecule has 1 aromatic rings. The second kappa shape index (κ2) is 8.44. The van der Waals surface area contributed by atoms with Crippen LogP contribution >= 0.6 is 0 Å². The molecule has 0 saturated carbocycles. The molecule has 1 heterocycles. The van der Waals surface area contributed by atoms with Gasteiger partial charge >= 0.3 is 5.97 Å². The third-order valence-electron chi connectivity index (χ3n) is 4.28. The quantitative estimate of drug-likeness (QED) is 0.792. The van der Waals surface area contributed by atoms with Crippen molar-refractivity contribution in [1.82, 2.24) is 9.21 Å². The maximum Gasteiger partial charge on any atom is 0.303 e. The summed E-state index contributed by atoms with van der Waals surface area (Å²) in [7, 11) is -2.16. The fraction of sp³-hybridized carbons (Fsp3) is 0.529. The second-order valence-electron chi connectivity index (χ2n) is 6.18. The van der Waals surface area contributed by atoms with Gasteiger partial charge in [0.1, 0.15) is 0 Å². The number of benzene rings is 1. The Hall–Kier alpha value is -1.93. The van der Waals surface area contributed by atoms with Gasteiger partial charge in [0.25, 0.3) is 5.91 Å². The number of carbonyl (C=O) groups is 2. The summed E-state index contributed by atoms with van der Waals surface area (Å²) in [6, 6.07) is 6.21. The standard InChI is InChI=1S/C17H24N2O5S/c1-18(11-7-10-16(20)21)17(22)14-8-3-4-9-15(14)25(23,24)19-12-5-2-6-13-19/h3-4,8-9H,2,5-7,10-13H2,1H3,(H,20,21). The number of carbonyl (C=O) groups excluding carboxylic acids is 1. The minimum atomic E-state index is -3.71. The van der Waals surface area contributed by atoms with E-state index in [2.05, 4.69) is 0 Å². The summed E-state index contributed by atoms with van der Waals surface area (Å²) in [5, 5.41) is 8.69. The van der Waals surface area contributed by atoms with E-state index in [0.29, 0.717) is 19.5 Å². The minimum absolute atomic E-state index is 0.0204. The number of piperidine rings is 1. The molecule has 0 aliphatic carbocycles. The zero-order chi connectivity index (χ0) is 18.4. The smallest absolute Gasteiger partial charge is 0.303 e. The third kappa shape index (κ3) is 4.79. The van der Waals surface area contributed by atoms with Gasteiger partial charge in [-0.25, -0.2) is 8.42 Å². The highest BCUT2D eigenvalue weighted by Gasteiger charge is 2.30. The van der Waals surface area contributed by atoms with Crippen LogP contribution in [0.15, 0.2) is 29.2 Å². The zero-order valence-corrected chi connectivity index (χ0v) is 15.2. The first-order valence-corrected chi connectivity index (χ1v) is 9.84. The molecule has 1 aromatic carbocycles. The van der Waals surface area contributed by atoms with Gasteiger partial charge in [-0.15, -0.1) is 0 Å². The number of hydrogen-bond donors (Lipinski definition) is 1. The van der Waals surface area contributed by atoms with E-state index >= 15 is 0 Å². The summed E-state index contributed by atoms with van der Waals surface area (Å²) >= 11 is 0. The fourth-order valence-electron chi connectivity index (χ4n) is 2.89. The average molecular weight is 368 g/mol. The van der Waals surface area contributed by atoms with Crippen molar-refractivity contribution < 1.29 is 23.1 Å². The Morgan fingerprint density at radius 3 is 2.44 bits per heavy atom. The van der Waals surface area contributed by atoms with E-state index in [0.717, 1.165) is 19.3 Å². The Morgan fingerprint density at radius 1 is 1.16 bits per heavy atom. The summed E-state index contributed by atoms with van der Waals surface area (Å²) < 4.78 is 27.3. The van der Waals surface area contributed by atoms with Crippen molar-refractivity contribution in [3.63, 3.8) is 0 Å². The molecule has 0 radical (unpaired) electrons. The van der Waals surface area contributed by atoms with Crippen LogP contribution in [0.2, 0.25) is 0 Å². The first-order valence-electron chi connectivity index (χ1n) is 8.40. The number of amides is 1. The van der Waals surface area contributed by atoms with Gasteiger partial charge < -0.3 is 10.0 Å². The van der Waals surface area contributed by atoms with Crippen LogP contribution in [0.3, 0.4) is 0 Å². The SMILES string of the molecule is CN(CCCC(=O)O)C(=O)c1ccccc1S(=O)(=O)N1CCCCC1.